The molecule has 0 saturated heterocycles. The number of hydrogen-bond donors (Lipinski definition) is 1. The quantitative estimate of drug-likeness (QED) is 0.755. The average Bonchev–Trinajstić information content (AvgIpc) is 2.96. The molecule has 0 fully saturated rings. The number of halogens is 4. The fourth-order valence-electron chi connectivity index (χ4n) is 1.95. The summed E-state index contributed by atoms with van der Waals surface area (Å²) in [4.78, 5) is 5.11. The molecule has 8 heteroatoms. The minimum atomic E-state index is -4.46. The van der Waals surface area contributed by atoms with Crippen molar-refractivity contribution in [2.24, 2.45) is 0 Å². The molecule has 3 rings (SSSR count). The van der Waals surface area contributed by atoms with Crippen LogP contribution in [0.15, 0.2) is 36.0 Å². The Bertz CT molecular complexity index is 750. The molecular formula is C13H9ClF3N3S. The van der Waals surface area contributed by atoms with Gasteiger partial charge in [0.25, 0.3) is 0 Å². The van der Waals surface area contributed by atoms with Crippen LogP contribution in [0.25, 0.3) is 4.96 Å². The third-order valence-corrected chi connectivity index (χ3v) is 3.90. The highest BCUT2D eigenvalue weighted by Crippen LogP contribution is 2.36. The van der Waals surface area contributed by atoms with Gasteiger partial charge in [0, 0.05) is 28.5 Å². The maximum absolute atomic E-state index is 13.0. The molecule has 0 spiro atoms. The Morgan fingerprint density at radius 3 is 2.86 bits per heavy atom. The van der Waals surface area contributed by atoms with E-state index in [1.54, 1.807) is 6.20 Å². The molecule has 2 aromatic heterocycles. The topological polar surface area (TPSA) is 29.3 Å². The first kappa shape index (κ1) is 14.2. The molecule has 1 N–H and O–H groups in total. The number of fused-ring (bicyclic) bond motifs is 1. The number of anilines is 1. The molecule has 0 atom stereocenters. The highest BCUT2D eigenvalue weighted by atomic mass is 35.5. The second kappa shape index (κ2) is 5.23. The second-order valence-electron chi connectivity index (χ2n) is 4.37. The van der Waals surface area contributed by atoms with Crippen molar-refractivity contribution in [2.75, 3.05) is 5.32 Å². The Morgan fingerprint density at radius 1 is 1.33 bits per heavy atom. The molecule has 0 unspecified atom stereocenters. The van der Waals surface area contributed by atoms with Crippen LogP contribution in [0.4, 0.5) is 18.9 Å². The van der Waals surface area contributed by atoms with Crippen molar-refractivity contribution in [3.05, 3.63) is 52.3 Å². The molecule has 3 aromatic rings. The molecule has 0 aliphatic rings. The summed E-state index contributed by atoms with van der Waals surface area (Å²) in [7, 11) is 0. The molecule has 2 heterocycles. The maximum Gasteiger partial charge on any atom is 0.418 e. The minimum Gasteiger partial charge on any atom is -0.379 e. The van der Waals surface area contributed by atoms with Crippen molar-refractivity contribution in [2.45, 2.75) is 12.7 Å². The summed E-state index contributed by atoms with van der Waals surface area (Å²) < 4.78 is 40.7. The first-order valence-corrected chi connectivity index (χ1v) is 7.21. The minimum absolute atomic E-state index is 0.0109. The third kappa shape index (κ3) is 2.98. The van der Waals surface area contributed by atoms with Gasteiger partial charge in [0.2, 0.25) is 0 Å². The van der Waals surface area contributed by atoms with E-state index in [1.165, 1.54) is 23.5 Å². The summed E-state index contributed by atoms with van der Waals surface area (Å²) in [5.41, 5.74) is -0.121. The van der Waals surface area contributed by atoms with Gasteiger partial charge in [-0.25, -0.2) is 4.98 Å². The van der Waals surface area contributed by atoms with Crippen molar-refractivity contribution in [3.8, 4) is 0 Å². The second-order valence-corrected chi connectivity index (χ2v) is 5.68. The Kier molecular flexibility index (Phi) is 3.54. The molecule has 0 saturated carbocycles. The SMILES string of the molecule is FC(F)(F)c1cc(Cl)ccc1NCc1cn2ccsc2n1. The summed E-state index contributed by atoms with van der Waals surface area (Å²) >= 11 is 7.10. The molecule has 0 radical (unpaired) electrons. The number of rotatable bonds is 3. The van der Waals surface area contributed by atoms with E-state index in [0.29, 0.717) is 5.69 Å². The van der Waals surface area contributed by atoms with Crippen LogP contribution in [0.3, 0.4) is 0 Å². The zero-order valence-corrected chi connectivity index (χ0v) is 12.1. The highest BCUT2D eigenvalue weighted by Gasteiger charge is 2.33. The van der Waals surface area contributed by atoms with E-state index >= 15 is 0 Å². The van der Waals surface area contributed by atoms with Crippen molar-refractivity contribution >= 4 is 33.6 Å². The van der Waals surface area contributed by atoms with Gasteiger partial charge < -0.3 is 5.32 Å². The van der Waals surface area contributed by atoms with Gasteiger partial charge in [-0.2, -0.15) is 13.2 Å². The zero-order chi connectivity index (χ0) is 15.0. The molecule has 0 aliphatic carbocycles. The van der Waals surface area contributed by atoms with E-state index in [9.17, 15) is 13.2 Å². The lowest BCUT2D eigenvalue weighted by Crippen LogP contribution is -2.11. The van der Waals surface area contributed by atoms with Gasteiger partial charge in [0.15, 0.2) is 4.96 Å². The fourth-order valence-corrected chi connectivity index (χ4v) is 2.84. The third-order valence-electron chi connectivity index (χ3n) is 2.89. The number of alkyl halides is 3. The van der Waals surface area contributed by atoms with Crippen LogP contribution in [0, 0.1) is 0 Å². The van der Waals surface area contributed by atoms with Crippen molar-refractivity contribution in [1.29, 1.82) is 0 Å². The molecule has 3 nitrogen and oxygen atoms in total. The van der Waals surface area contributed by atoms with Crippen LogP contribution in [-0.4, -0.2) is 9.38 Å². The Morgan fingerprint density at radius 2 is 2.14 bits per heavy atom. The van der Waals surface area contributed by atoms with Crippen LogP contribution in [-0.2, 0) is 12.7 Å². The van der Waals surface area contributed by atoms with Crippen LogP contribution in [0.5, 0.6) is 0 Å². The smallest absolute Gasteiger partial charge is 0.379 e. The van der Waals surface area contributed by atoms with Gasteiger partial charge in [-0.05, 0) is 18.2 Å². The van der Waals surface area contributed by atoms with E-state index in [0.717, 1.165) is 11.0 Å². The van der Waals surface area contributed by atoms with Crippen LogP contribution < -0.4 is 5.32 Å². The van der Waals surface area contributed by atoms with E-state index in [4.69, 9.17) is 11.6 Å². The van der Waals surface area contributed by atoms with E-state index in [1.807, 2.05) is 16.0 Å². The van der Waals surface area contributed by atoms with Crippen molar-refractivity contribution < 1.29 is 13.2 Å². The number of nitrogens with one attached hydrogen (secondary N) is 1. The van der Waals surface area contributed by atoms with Gasteiger partial charge in [-0.3, -0.25) is 4.40 Å². The highest BCUT2D eigenvalue weighted by molar-refractivity contribution is 7.15. The average molecular weight is 332 g/mol. The fraction of sp³-hybridized carbons (Fsp3) is 0.154. The summed E-state index contributed by atoms with van der Waals surface area (Å²) in [6.45, 7) is 0.207. The van der Waals surface area contributed by atoms with Gasteiger partial charge in [-0.1, -0.05) is 11.6 Å². The number of thiazole rings is 1. The Balaban J connectivity index is 1.83. The van der Waals surface area contributed by atoms with Crippen molar-refractivity contribution in [3.63, 3.8) is 0 Å². The van der Waals surface area contributed by atoms with Crippen molar-refractivity contribution in [1.82, 2.24) is 9.38 Å². The lowest BCUT2D eigenvalue weighted by Gasteiger charge is -2.14. The van der Waals surface area contributed by atoms with E-state index in [-0.39, 0.29) is 17.3 Å². The zero-order valence-electron chi connectivity index (χ0n) is 10.5. The monoisotopic (exact) mass is 331 g/mol. The molecule has 0 bridgehead atoms. The number of benzene rings is 1. The molecule has 21 heavy (non-hydrogen) atoms. The summed E-state index contributed by atoms with van der Waals surface area (Å²) in [6, 6.07) is 3.66. The summed E-state index contributed by atoms with van der Waals surface area (Å²) in [5, 5.41) is 4.70. The van der Waals surface area contributed by atoms with Crippen LogP contribution >= 0.6 is 22.9 Å². The molecular weight excluding hydrogens is 323 g/mol. The molecule has 0 amide bonds. The number of nitrogens with zero attached hydrogens (tertiary/aromatic N) is 2. The molecule has 110 valence electrons. The van der Waals surface area contributed by atoms with Crippen LogP contribution in [0.2, 0.25) is 5.02 Å². The summed E-state index contributed by atoms with van der Waals surface area (Å²) in [5.74, 6) is 0. The van der Waals surface area contributed by atoms with E-state index < -0.39 is 11.7 Å². The summed E-state index contributed by atoms with van der Waals surface area (Å²) in [6.07, 6.45) is -0.830. The maximum atomic E-state index is 13.0. The van der Waals surface area contributed by atoms with Gasteiger partial charge >= 0.3 is 6.18 Å². The molecule has 0 aliphatic heterocycles. The van der Waals surface area contributed by atoms with E-state index in [2.05, 4.69) is 10.3 Å². The Hall–Kier alpha value is -1.73. The standard InChI is InChI=1S/C13H9ClF3N3S/c14-8-1-2-11(10(5-8)13(15,16)17)18-6-9-7-20-3-4-21-12(20)19-9/h1-5,7,18H,6H2. The first-order valence-electron chi connectivity index (χ1n) is 5.95. The first-order chi connectivity index (χ1) is 9.93. The van der Waals surface area contributed by atoms with Gasteiger partial charge in [0.05, 0.1) is 17.8 Å². The van der Waals surface area contributed by atoms with Crippen LogP contribution in [0.1, 0.15) is 11.3 Å². The lowest BCUT2D eigenvalue weighted by molar-refractivity contribution is -0.136. The number of hydrogen-bond acceptors (Lipinski definition) is 3. The predicted molar refractivity (Wildman–Crippen MR) is 76.8 cm³/mol. The molecule has 1 aromatic carbocycles. The number of imidazole rings is 1. The van der Waals surface area contributed by atoms with Gasteiger partial charge in [-0.15, -0.1) is 11.3 Å². The normalized spacial score (nSPS) is 12.0. The van der Waals surface area contributed by atoms with Gasteiger partial charge in [0.1, 0.15) is 0 Å². The number of aromatic nitrogens is 2. The lowest BCUT2D eigenvalue weighted by atomic mass is 10.1. The largest absolute Gasteiger partial charge is 0.418 e. The predicted octanol–water partition coefficient (Wildman–Crippen LogP) is 4.68. The Labute approximate surface area is 127 Å².